The summed E-state index contributed by atoms with van der Waals surface area (Å²) < 4.78 is 4.00. The average Bonchev–Trinajstić information content (AvgIpc) is 2.31. The Balaban J connectivity index is 4.75. The van der Waals surface area contributed by atoms with E-state index in [-0.39, 0.29) is 0 Å². The van der Waals surface area contributed by atoms with Crippen molar-refractivity contribution in [3.8, 4) is 0 Å². The van der Waals surface area contributed by atoms with Crippen LogP contribution in [0.5, 0.6) is 0 Å². The number of aliphatic hydroxyl groups excluding tert-OH is 5. The monoisotopic (exact) mass is 270 g/mol. The Kier molecular flexibility index (Phi) is 7.27. The predicted octanol–water partition coefficient (Wildman–Crippen LogP) is -5.14. The largest absolute Gasteiger partial charge is 0.634 e. The highest BCUT2D eigenvalue weighted by atomic mass is 16.6. The summed E-state index contributed by atoms with van der Waals surface area (Å²) in [6.07, 6.45) is -10.6. The van der Waals surface area contributed by atoms with Gasteiger partial charge in [-0.05, 0) is 0 Å². The van der Waals surface area contributed by atoms with E-state index in [0.29, 0.717) is 0 Å². The van der Waals surface area contributed by atoms with Gasteiger partial charge in [-0.25, -0.2) is 4.79 Å². The standard InChI is InChI=1S/C7H15BO10/c9-1-2(10)3(11)4(12)5(13)6(7(14)15)18-8(16)17/h2-6,9-13,16-17H,1H2,(H,14,15)/t2-,3-,4+,5-,6?/m1/s1. The minimum Gasteiger partial charge on any atom is -0.479 e. The fourth-order valence-electron chi connectivity index (χ4n) is 1.13. The number of aliphatic carboxylic acids is 1. The molecular weight excluding hydrogens is 255 g/mol. The molecule has 0 bridgehead atoms. The Bertz CT molecular complexity index is 261. The summed E-state index contributed by atoms with van der Waals surface area (Å²) in [5.74, 6) is -1.83. The topological polar surface area (TPSA) is 188 Å². The zero-order valence-electron chi connectivity index (χ0n) is 9.07. The van der Waals surface area contributed by atoms with Crippen molar-refractivity contribution < 1.29 is 50.1 Å². The second-order valence-corrected chi connectivity index (χ2v) is 3.44. The maximum atomic E-state index is 10.6. The molecule has 11 heteroatoms. The first-order valence-electron chi connectivity index (χ1n) is 4.79. The summed E-state index contributed by atoms with van der Waals surface area (Å²) in [5, 5.41) is 70.9. The number of carboxylic acid groups (broad SMARTS) is 1. The smallest absolute Gasteiger partial charge is 0.479 e. The van der Waals surface area contributed by atoms with Gasteiger partial charge in [0.05, 0.1) is 6.61 Å². The number of hydrogen-bond acceptors (Lipinski definition) is 9. The van der Waals surface area contributed by atoms with Gasteiger partial charge in [0.2, 0.25) is 0 Å². The first-order chi connectivity index (χ1) is 8.22. The number of hydrogen-bond donors (Lipinski definition) is 8. The molecule has 0 aromatic rings. The van der Waals surface area contributed by atoms with E-state index in [9.17, 15) is 20.1 Å². The lowest BCUT2D eigenvalue weighted by Crippen LogP contribution is -2.53. The van der Waals surface area contributed by atoms with Crippen LogP contribution in [0, 0.1) is 0 Å². The molecule has 0 saturated heterocycles. The molecule has 0 aliphatic rings. The van der Waals surface area contributed by atoms with Gasteiger partial charge < -0.3 is 45.3 Å². The fourth-order valence-corrected chi connectivity index (χ4v) is 1.13. The molecule has 0 rings (SSSR count). The van der Waals surface area contributed by atoms with Gasteiger partial charge in [0.15, 0.2) is 6.10 Å². The Morgan fingerprint density at radius 1 is 1.06 bits per heavy atom. The molecule has 0 aliphatic heterocycles. The Morgan fingerprint density at radius 2 is 1.56 bits per heavy atom. The van der Waals surface area contributed by atoms with Crippen LogP contribution in [0.15, 0.2) is 0 Å². The molecule has 0 amide bonds. The maximum absolute atomic E-state index is 10.6. The van der Waals surface area contributed by atoms with Crippen molar-refractivity contribution >= 4 is 13.3 Å². The minimum atomic E-state index is -2.52. The molecule has 18 heavy (non-hydrogen) atoms. The highest BCUT2D eigenvalue weighted by molar-refractivity contribution is 6.33. The molecular formula is C7H15BO10. The third-order valence-corrected chi connectivity index (χ3v) is 2.10. The second kappa shape index (κ2) is 7.61. The first kappa shape index (κ1) is 17.2. The molecule has 10 nitrogen and oxygen atoms in total. The van der Waals surface area contributed by atoms with Gasteiger partial charge in [0.25, 0.3) is 0 Å². The number of aliphatic hydroxyl groups is 5. The summed E-state index contributed by atoms with van der Waals surface area (Å²) in [7, 11) is -2.52. The number of carbonyl (C=O) groups is 1. The van der Waals surface area contributed by atoms with Crippen molar-refractivity contribution in [2.24, 2.45) is 0 Å². The van der Waals surface area contributed by atoms with E-state index in [4.69, 9.17) is 25.4 Å². The Morgan fingerprint density at radius 3 is 1.89 bits per heavy atom. The van der Waals surface area contributed by atoms with E-state index in [1.54, 1.807) is 0 Å². The second-order valence-electron chi connectivity index (χ2n) is 3.44. The summed E-state index contributed by atoms with van der Waals surface area (Å²) in [4.78, 5) is 10.6. The highest BCUT2D eigenvalue weighted by Gasteiger charge is 2.40. The molecule has 0 aromatic carbocycles. The van der Waals surface area contributed by atoms with Crippen molar-refractivity contribution in [3.63, 3.8) is 0 Å². The summed E-state index contributed by atoms with van der Waals surface area (Å²) in [5.41, 5.74) is 0. The zero-order valence-corrected chi connectivity index (χ0v) is 9.07. The van der Waals surface area contributed by atoms with Crippen molar-refractivity contribution in [1.29, 1.82) is 0 Å². The van der Waals surface area contributed by atoms with Gasteiger partial charge in [0, 0.05) is 0 Å². The molecule has 1 unspecified atom stereocenters. The molecule has 0 aromatic heterocycles. The molecule has 5 atom stereocenters. The quantitative estimate of drug-likeness (QED) is 0.198. The summed E-state index contributed by atoms with van der Waals surface area (Å²) in [6.45, 7) is -0.938. The van der Waals surface area contributed by atoms with Crippen LogP contribution in [0.25, 0.3) is 0 Å². The molecule has 0 fully saturated rings. The fraction of sp³-hybridized carbons (Fsp3) is 0.857. The van der Waals surface area contributed by atoms with Gasteiger partial charge in [-0.2, -0.15) is 0 Å². The van der Waals surface area contributed by atoms with Crippen LogP contribution in [-0.4, -0.2) is 91.1 Å². The Hall–Kier alpha value is -0.785. The van der Waals surface area contributed by atoms with Gasteiger partial charge in [-0.15, -0.1) is 0 Å². The lowest BCUT2D eigenvalue weighted by Gasteiger charge is -2.28. The molecule has 0 radical (unpaired) electrons. The van der Waals surface area contributed by atoms with Crippen molar-refractivity contribution in [2.45, 2.75) is 30.5 Å². The van der Waals surface area contributed by atoms with Crippen LogP contribution in [0.3, 0.4) is 0 Å². The van der Waals surface area contributed by atoms with Crippen molar-refractivity contribution in [1.82, 2.24) is 0 Å². The third-order valence-electron chi connectivity index (χ3n) is 2.10. The average molecular weight is 270 g/mol. The molecule has 0 heterocycles. The third kappa shape index (κ3) is 4.84. The van der Waals surface area contributed by atoms with Gasteiger partial charge in [-0.3, -0.25) is 0 Å². The summed E-state index contributed by atoms with van der Waals surface area (Å²) in [6, 6.07) is 0. The molecule has 8 N–H and O–H groups in total. The first-order valence-corrected chi connectivity index (χ1v) is 4.79. The molecule has 0 aliphatic carbocycles. The minimum absolute atomic E-state index is 0.938. The van der Waals surface area contributed by atoms with E-state index < -0.39 is 50.4 Å². The highest BCUT2D eigenvalue weighted by Crippen LogP contribution is 2.11. The SMILES string of the molecule is O=C(O)C(OB(O)O)[C@H](O)[C@@H](O)[C@H](O)[C@H](O)CO. The van der Waals surface area contributed by atoms with Gasteiger partial charge >= 0.3 is 13.3 Å². The van der Waals surface area contributed by atoms with E-state index in [1.165, 1.54) is 0 Å². The zero-order chi connectivity index (χ0) is 14.5. The molecule has 0 saturated carbocycles. The predicted molar refractivity (Wildman–Crippen MR) is 53.8 cm³/mol. The van der Waals surface area contributed by atoms with E-state index in [0.717, 1.165) is 0 Å². The maximum Gasteiger partial charge on any atom is 0.634 e. The molecule has 0 spiro atoms. The van der Waals surface area contributed by atoms with E-state index >= 15 is 0 Å². The van der Waals surface area contributed by atoms with Crippen LogP contribution in [-0.2, 0) is 9.45 Å². The van der Waals surface area contributed by atoms with Gasteiger partial charge in [-0.1, -0.05) is 0 Å². The lowest BCUT2D eigenvalue weighted by molar-refractivity contribution is -0.169. The van der Waals surface area contributed by atoms with Gasteiger partial charge in [0.1, 0.15) is 24.4 Å². The van der Waals surface area contributed by atoms with Crippen LogP contribution in [0.4, 0.5) is 0 Å². The van der Waals surface area contributed by atoms with E-state index in [2.05, 4.69) is 4.65 Å². The van der Waals surface area contributed by atoms with Crippen molar-refractivity contribution in [3.05, 3.63) is 0 Å². The Labute approximate surface area is 101 Å². The van der Waals surface area contributed by atoms with Crippen LogP contribution in [0.2, 0.25) is 0 Å². The van der Waals surface area contributed by atoms with E-state index in [1.807, 2.05) is 0 Å². The van der Waals surface area contributed by atoms with Crippen LogP contribution < -0.4 is 0 Å². The number of carboxylic acids is 1. The van der Waals surface area contributed by atoms with Crippen LogP contribution in [0.1, 0.15) is 0 Å². The van der Waals surface area contributed by atoms with Crippen molar-refractivity contribution in [2.75, 3.05) is 6.61 Å². The lowest BCUT2D eigenvalue weighted by atomic mass is 9.98. The number of rotatable bonds is 8. The van der Waals surface area contributed by atoms with Crippen LogP contribution >= 0.6 is 0 Å². The molecule has 106 valence electrons. The summed E-state index contributed by atoms with van der Waals surface area (Å²) >= 11 is 0. The normalized spacial score (nSPS) is 19.7.